The molecule has 106 valence electrons. The third-order valence-corrected chi connectivity index (χ3v) is 2.69. The zero-order chi connectivity index (χ0) is 14.3. The summed E-state index contributed by atoms with van der Waals surface area (Å²) in [5.74, 6) is -1.00. The summed E-state index contributed by atoms with van der Waals surface area (Å²) in [6, 6.07) is 1.54. The molecule has 0 atom stereocenters. The van der Waals surface area contributed by atoms with Crippen LogP contribution in [-0.4, -0.2) is 51.4 Å². The minimum absolute atomic E-state index is 0.272. The van der Waals surface area contributed by atoms with Gasteiger partial charge in [0.1, 0.15) is 6.54 Å². The van der Waals surface area contributed by atoms with Crippen molar-refractivity contribution >= 4 is 12.0 Å². The lowest BCUT2D eigenvalue weighted by Crippen LogP contribution is -2.43. The van der Waals surface area contributed by atoms with E-state index in [1.807, 2.05) is 20.0 Å². The highest BCUT2D eigenvalue weighted by Gasteiger charge is 2.15. The zero-order valence-electron chi connectivity index (χ0n) is 11.3. The number of amides is 2. The van der Waals surface area contributed by atoms with Crippen LogP contribution in [0.3, 0.4) is 0 Å². The minimum atomic E-state index is -1.00. The van der Waals surface area contributed by atoms with E-state index >= 15 is 0 Å². The Morgan fingerprint density at radius 1 is 1.53 bits per heavy atom. The van der Waals surface area contributed by atoms with Crippen molar-refractivity contribution in [1.82, 2.24) is 20.0 Å². The molecule has 19 heavy (non-hydrogen) atoms. The van der Waals surface area contributed by atoms with Crippen LogP contribution < -0.4 is 5.32 Å². The standard InChI is InChI=1S/C12H20N4O3/c1-3-8-16(9-11(17)18)12(19)13-6-4-10-5-7-14-15(10)2/h5,7H,3-4,6,8-9H2,1-2H3,(H,13,19)(H,17,18). The fourth-order valence-corrected chi connectivity index (χ4v) is 1.74. The summed E-state index contributed by atoms with van der Waals surface area (Å²) >= 11 is 0. The van der Waals surface area contributed by atoms with Crippen LogP contribution in [0.15, 0.2) is 12.3 Å². The topological polar surface area (TPSA) is 87.5 Å². The Morgan fingerprint density at radius 2 is 2.26 bits per heavy atom. The molecular weight excluding hydrogens is 248 g/mol. The second-order valence-electron chi connectivity index (χ2n) is 4.24. The molecule has 0 spiro atoms. The van der Waals surface area contributed by atoms with E-state index in [9.17, 15) is 9.59 Å². The summed E-state index contributed by atoms with van der Waals surface area (Å²) in [5.41, 5.74) is 1.01. The number of carbonyl (C=O) groups is 2. The average Bonchev–Trinajstić information content (AvgIpc) is 2.74. The number of urea groups is 1. The summed E-state index contributed by atoms with van der Waals surface area (Å²) in [6.07, 6.45) is 3.09. The first-order valence-corrected chi connectivity index (χ1v) is 6.26. The predicted molar refractivity (Wildman–Crippen MR) is 69.8 cm³/mol. The Hall–Kier alpha value is -2.05. The van der Waals surface area contributed by atoms with Gasteiger partial charge in [-0.05, 0) is 12.5 Å². The van der Waals surface area contributed by atoms with Crippen LogP contribution in [0.4, 0.5) is 4.79 Å². The van der Waals surface area contributed by atoms with Crippen molar-refractivity contribution in [3.05, 3.63) is 18.0 Å². The van der Waals surface area contributed by atoms with Gasteiger partial charge in [0.05, 0.1) is 0 Å². The summed E-state index contributed by atoms with van der Waals surface area (Å²) in [4.78, 5) is 23.8. The molecule has 0 aromatic carbocycles. The van der Waals surface area contributed by atoms with E-state index in [2.05, 4.69) is 10.4 Å². The second-order valence-corrected chi connectivity index (χ2v) is 4.24. The van der Waals surface area contributed by atoms with Gasteiger partial charge < -0.3 is 15.3 Å². The monoisotopic (exact) mass is 268 g/mol. The third kappa shape index (κ3) is 4.99. The number of hydrogen-bond acceptors (Lipinski definition) is 3. The van der Waals surface area contributed by atoms with Crippen LogP contribution in [0, 0.1) is 0 Å². The van der Waals surface area contributed by atoms with E-state index in [4.69, 9.17) is 5.11 Å². The van der Waals surface area contributed by atoms with Crippen LogP contribution in [-0.2, 0) is 18.3 Å². The quantitative estimate of drug-likeness (QED) is 0.752. The molecule has 0 saturated heterocycles. The lowest BCUT2D eigenvalue weighted by molar-refractivity contribution is -0.137. The molecule has 1 rings (SSSR count). The molecule has 2 amide bonds. The van der Waals surface area contributed by atoms with E-state index in [-0.39, 0.29) is 12.6 Å². The van der Waals surface area contributed by atoms with Crippen molar-refractivity contribution in [3.8, 4) is 0 Å². The number of aryl methyl sites for hydroxylation is 1. The minimum Gasteiger partial charge on any atom is -0.480 e. The highest BCUT2D eigenvalue weighted by Crippen LogP contribution is 1.97. The van der Waals surface area contributed by atoms with Crippen molar-refractivity contribution in [1.29, 1.82) is 0 Å². The fourth-order valence-electron chi connectivity index (χ4n) is 1.74. The van der Waals surface area contributed by atoms with Crippen molar-refractivity contribution in [2.45, 2.75) is 19.8 Å². The maximum absolute atomic E-state index is 11.8. The molecule has 0 fully saturated rings. The maximum Gasteiger partial charge on any atom is 0.323 e. The van der Waals surface area contributed by atoms with Gasteiger partial charge in [-0.1, -0.05) is 6.92 Å². The Kier molecular flexibility index (Phi) is 5.84. The molecule has 0 unspecified atom stereocenters. The normalized spacial score (nSPS) is 10.2. The van der Waals surface area contributed by atoms with Crippen LogP contribution in [0.1, 0.15) is 19.0 Å². The second kappa shape index (κ2) is 7.40. The number of carbonyl (C=O) groups excluding carboxylic acids is 1. The number of aliphatic carboxylic acids is 1. The predicted octanol–water partition coefficient (Wildman–Crippen LogP) is 0.469. The first kappa shape index (κ1) is 15.0. The van der Waals surface area contributed by atoms with Gasteiger partial charge in [-0.2, -0.15) is 5.10 Å². The van der Waals surface area contributed by atoms with Gasteiger partial charge in [0.15, 0.2) is 0 Å². The molecule has 1 aromatic heterocycles. The number of nitrogens with zero attached hydrogens (tertiary/aromatic N) is 3. The zero-order valence-corrected chi connectivity index (χ0v) is 11.3. The van der Waals surface area contributed by atoms with Gasteiger partial charge in [0, 0.05) is 38.4 Å². The molecular formula is C12H20N4O3. The number of nitrogens with one attached hydrogen (secondary N) is 1. The molecule has 0 aliphatic heterocycles. The fraction of sp³-hybridized carbons (Fsp3) is 0.583. The van der Waals surface area contributed by atoms with Gasteiger partial charge in [0.25, 0.3) is 0 Å². The van der Waals surface area contributed by atoms with E-state index in [1.165, 1.54) is 4.90 Å². The summed E-state index contributed by atoms with van der Waals surface area (Å²) in [5, 5.41) is 15.5. The number of rotatable bonds is 7. The molecule has 7 heteroatoms. The molecule has 0 bridgehead atoms. The Morgan fingerprint density at radius 3 is 2.79 bits per heavy atom. The molecule has 0 radical (unpaired) electrons. The van der Waals surface area contributed by atoms with Gasteiger partial charge in [-0.15, -0.1) is 0 Å². The van der Waals surface area contributed by atoms with Crippen LogP contribution in [0.25, 0.3) is 0 Å². The Bertz CT molecular complexity index is 430. The van der Waals surface area contributed by atoms with E-state index in [1.54, 1.807) is 10.9 Å². The number of carboxylic acids is 1. The number of hydrogen-bond donors (Lipinski definition) is 2. The van der Waals surface area contributed by atoms with E-state index < -0.39 is 5.97 Å². The first-order chi connectivity index (χ1) is 9.04. The van der Waals surface area contributed by atoms with Gasteiger partial charge in [-0.3, -0.25) is 9.48 Å². The molecule has 2 N–H and O–H groups in total. The van der Waals surface area contributed by atoms with Crippen molar-refractivity contribution in [3.63, 3.8) is 0 Å². The SMILES string of the molecule is CCCN(CC(=O)O)C(=O)NCCc1ccnn1C. The summed E-state index contributed by atoms with van der Waals surface area (Å²) in [7, 11) is 1.84. The highest BCUT2D eigenvalue weighted by atomic mass is 16.4. The van der Waals surface area contributed by atoms with E-state index in [0.717, 1.165) is 12.1 Å². The van der Waals surface area contributed by atoms with Gasteiger partial charge in [-0.25, -0.2) is 4.79 Å². The Balaban J connectivity index is 2.39. The van der Waals surface area contributed by atoms with Crippen molar-refractivity contribution in [2.75, 3.05) is 19.6 Å². The molecule has 7 nitrogen and oxygen atoms in total. The largest absolute Gasteiger partial charge is 0.480 e. The van der Waals surface area contributed by atoms with Crippen molar-refractivity contribution in [2.24, 2.45) is 7.05 Å². The van der Waals surface area contributed by atoms with Crippen LogP contribution >= 0.6 is 0 Å². The van der Waals surface area contributed by atoms with E-state index in [0.29, 0.717) is 19.5 Å². The van der Waals surface area contributed by atoms with Crippen LogP contribution in [0.2, 0.25) is 0 Å². The van der Waals surface area contributed by atoms with Gasteiger partial charge in [0.2, 0.25) is 0 Å². The van der Waals surface area contributed by atoms with Gasteiger partial charge >= 0.3 is 12.0 Å². The smallest absolute Gasteiger partial charge is 0.323 e. The summed E-state index contributed by atoms with van der Waals surface area (Å²) < 4.78 is 1.74. The highest BCUT2D eigenvalue weighted by molar-refractivity contribution is 5.80. The average molecular weight is 268 g/mol. The first-order valence-electron chi connectivity index (χ1n) is 6.26. The molecule has 1 aromatic rings. The molecule has 0 saturated carbocycles. The van der Waals surface area contributed by atoms with Crippen LogP contribution in [0.5, 0.6) is 0 Å². The van der Waals surface area contributed by atoms with Crippen molar-refractivity contribution < 1.29 is 14.7 Å². The lowest BCUT2D eigenvalue weighted by Gasteiger charge is -2.20. The number of aromatic nitrogens is 2. The maximum atomic E-state index is 11.8. The molecule has 1 heterocycles. The molecule has 0 aliphatic carbocycles. The molecule has 0 aliphatic rings. The Labute approximate surface area is 112 Å². The lowest BCUT2D eigenvalue weighted by atomic mass is 10.3. The third-order valence-electron chi connectivity index (χ3n) is 2.69. The number of carboxylic acid groups (broad SMARTS) is 1. The summed E-state index contributed by atoms with van der Waals surface area (Å²) in [6.45, 7) is 2.52.